The summed E-state index contributed by atoms with van der Waals surface area (Å²) >= 11 is 1.63. The third-order valence-corrected chi connectivity index (χ3v) is 7.29. The number of hydrogen-bond donors (Lipinski definition) is 1. The Morgan fingerprint density at radius 3 is 2.41 bits per heavy atom. The normalized spacial score (nSPS) is 20.2. The molecule has 0 bridgehead atoms. The third-order valence-electron chi connectivity index (χ3n) is 6.65. The molecular weight excluding hydrogens is 490 g/mol. The number of likely N-dealkylation sites (N-methyl/N-ethyl adjacent to an activating group) is 1. The number of carbonyl (C=O) groups is 3. The van der Waals surface area contributed by atoms with Crippen LogP contribution < -0.4 is 5.32 Å². The highest BCUT2D eigenvalue weighted by Gasteiger charge is 2.50. The van der Waals surface area contributed by atoms with Crippen LogP contribution in [0.4, 0.5) is 4.79 Å². The summed E-state index contributed by atoms with van der Waals surface area (Å²) in [6, 6.07) is 18.7. The fraction of sp³-hybridized carbons (Fsp3) is 0.444. The Morgan fingerprint density at radius 1 is 1.05 bits per heavy atom. The number of piperazine rings is 1. The lowest BCUT2D eigenvalue weighted by Crippen LogP contribution is -2.76. The van der Waals surface area contributed by atoms with Crippen molar-refractivity contribution in [1.29, 1.82) is 0 Å². The van der Waals surface area contributed by atoms with Crippen molar-refractivity contribution in [2.45, 2.75) is 31.8 Å². The Hall–Kier alpha value is -3.08. The van der Waals surface area contributed by atoms with Gasteiger partial charge in [-0.05, 0) is 29.6 Å². The van der Waals surface area contributed by atoms with Gasteiger partial charge in [0.25, 0.3) is 0 Å². The lowest BCUT2D eigenvalue weighted by Gasteiger charge is -2.54. The monoisotopic (exact) mass is 525 g/mol. The Balaban J connectivity index is 1.47. The highest BCUT2D eigenvalue weighted by atomic mass is 32.2. The first-order valence-corrected chi connectivity index (χ1v) is 13.9. The number of urea groups is 1. The number of ether oxygens (including phenoxy) is 1. The van der Waals surface area contributed by atoms with Crippen LogP contribution in [0, 0.1) is 0 Å². The van der Waals surface area contributed by atoms with Crippen molar-refractivity contribution in [2.75, 3.05) is 45.3 Å². The zero-order valence-electron chi connectivity index (χ0n) is 21.4. The number of thioether (sulfide) groups is 1. The molecule has 9 nitrogen and oxygen atoms in total. The van der Waals surface area contributed by atoms with E-state index in [2.05, 4.69) is 5.32 Å². The predicted molar refractivity (Wildman–Crippen MR) is 143 cm³/mol. The second kappa shape index (κ2) is 12.9. The van der Waals surface area contributed by atoms with Crippen LogP contribution in [0.5, 0.6) is 0 Å². The van der Waals surface area contributed by atoms with Gasteiger partial charge < -0.3 is 19.9 Å². The van der Waals surface area contributed by atoms with Crippen molar-refractivity contribution in [2.24, 2.45) is 0 Å². The second-order valence-corrected chi connectivity index (χ2v) is 10.2. The average molecular weight is 526 g/mol. The van der Waals surface area contributed by atoms with Crippen LogP contribution in [-0.4, -0.2) is 95.2 Å². The molecule has 1 N–H and O–H groups in total. The molecule has 2 saturated heterocycles. The topological polar surface area (TPSA) is 85.4 Å². The molecule has 2 aromatic rings. The Bertz CT molecular complexity index is 1060. The predicted octanol–water partition coefficient (Wildman–Crippen LogP) is 2.39. The summed E-state index contributed by atoms with van der Waals surface area (Å²) in [6.45, 7) is 1.87. The number of benzene rings is 2. The van der Waals surface area contributed by atoms with Crippen LogP contribution in [0.1, 0.15) is 17.5 Å². The van der Waals surface area contributed by atoms with E-state index in [1.807, 2.05) is 66.9 Å². The first-order valence-electron chi connectivity index (χ1n) is 12.5. The van der Waals surface area contributed by atoms with Gasteiger partial charge in [-0.1, -0.05) is 60.7 Å². The van der Waals surface area contributed by atoms with Crippen LogP contribution in [-0.2, 0) is 27.5 Å². The summed E-state index contributed by atoms with van der Waals surface area (Å²) < 4.78 is 5.85. The summed E-state index contributed by atoms with van der Waals surface area (Å²) in [6.07, 6.45) is 1.93. The Kier molecular flexibility index (Phi) is 9.43. The van der Waals surface area contributed by atoms with E-state index in [0.29, 0.717) is 32.7 Å². The van der Waals surface area contributed by atoms with Gasteiger partial charge in [-0.25, -0.2) is 14.8 Å². The molecule has 2 fully saturated rings. The fourth-order valence-electron chi connectivity index (χ4n) is 4.81. The molecule has 198 valence electrons. The van der Waals surface area contributed by atoms with Crippen LogP contribution in [0.25, 0.3) is 0 Å². The number of hydrogen-bond acceptors (Lipinski definition) is 6. The molecular formula is C27H35N5O4S. The van der Waals surface area contributed by atoms with E-state index in [4.69, 9.17) is 4.74 Å². The van der Waals surface area contributed by atoms with Crippen LogP contribution in [0.2, 0.25) is 0 Å². The summed E-state index contributed by atoms with van der Waals surface area (Å²) in [7, 11) is 1.73. The molecule has 2 aromatic carbocycles. The van der Waals surface area contributed by atoms with Crippen molar-refractivity contribution < 1.29 is 19.1 Å². The first-order chi connectivity index (χ1) is 18.0. The maximum atomic E-state index is 13.5. The van der Waals surface area contributed by atoms with E-state index >= 15 is 0 Å². The zero-order valence-corrected chi connectivity index (χ0v) is 22.2. The SMILES string of the molecule is CSCC[C@H]1C(=O)N(CCOCc2ccccc2)C[C@H]2N1C(=O)CN(C)N2C(=O)NCc1ccccc1. The maximum Gasteiger partial charge on any atom is 0.334 e. The number of hydrazine groups is 1. The molecule has 0 aromatic heterocycles. The van der Waals surface area contributed by atoms with Gasteiger partial charge in [-0.2, -0.15) is 11.8 Å². The van der Waals surface area contributed by atoms with Gasteiger partial charge in [0.05, 0.1) is 26.3 Å². The molecule has 4 rings (SSSR count). The molecule has 2 heterocycles. The first kappa shape index (κ1) is 27.0. The second-order valence-electron chi connectivity index (χ2n) is 9.21. The lowest BCUT2D eigenvalue weighted by atomic mass is 10.0. The number of nitrogens with zero attached hydrogens (tertiary/aromatic N) is 4. The van der Waals surface area contributed by atoms with E-state index in [9.17, 15) is 14.4 Å². The standard InChI is InChI=1S/C27H35N5O4S/c1-29-19-25(33)31-23(13-16-37-2)26(34)30(14-15-36-20-22-11-7-4-8-12-22)18-24(31)32(29)27(35)28-17-21-9-5-3-6-10-21/h3-12,23-24H,13-20H2,1-2H3,(H,28,35)/t23-,24-/m0/s1. The summed E-state index contributed by atoms with van der Waals surface area (Å²) in [5.41, 5.74) is 2.05. The van der Waals surface area contributed by atoms with Crippen LogP contribution in [0.3, 0.4) is 0 Å². The lowest BCUT2D eigenvalue weighted by molar-refractivity contribution is -0.187. The average Bonchev–Trinajstić information content (AvgIpc) is 2.91. The maximum absolute atomic E-state index is 13.5. The number of carbonyl (C=O) groups excluding carboxylic acids is 3. The summed E-state index contributed by atoms with van der Waals surface area (Å²) in [4.78, 5) is 43.4. The number of amides is 4. The molecule has 0 aliphatic carbocycles. The van der Waals surface area contributed by atoms with E-state index in [-0.39, 0.29) is 30.9 Å². The van der Waals surface area contributed by atoms with Crippen LogP contribution in [0.15, 0.2) is 60.7 Å². The minimum atomic E-state index is -0.606. The molecule has 2 aliphatic heterocycles. The van der Waals surface area contributed by atoms with Crippen molar-refractivity contribution in [3.05, 3.63) is 71.8 Å². The van der Waals surface area contributed by atoms with Gasteiger partial charge in [0.15, 0.2) is 0 Å². The number of fused-ring (bicyclic) bond motifs is 1. The molecule has 2 atom stereocenters. The van der Waals surface area contributed by atoms with Crippen molar-refractivity contribution >= 4 is 29.6 Å². The van der Waals surface area contributed by atoms with Gasteiger partial charge in [-0.3, -0.25) is 9.59 Å². The van der Waals surface area contributed by atoms with Gasteiger partial charge in [0, 0.05) is 20.1 Å². The molecule has 10 heteroatoms. The Labute approximate surface area is 222 Å². The van der Waals surface area contributed by atoms with Crippen molar-refractivity contribution in [3.63, 3.8) is 0 Å². The fourth-order valence-corrected chi connectivity index (χ4v) is 5.27. The zero-order chi connectivity index (χ0) is 26.2. The largest absolute Gasteiger partial charge is 0.375 e. The quantitative estimate of drug-likeness (QED) is 0.480. The van der Waals surface area contributed by atoms with E-state index in [0.717, 1.165) is 16.9 Å². The molecule has 0 saturated carbocycles. The van der Waals surface area contributed by atoms with E-state index < -0.39 is 12.2 Å². The minimum Gasteiger partial charge on any atom is -0.375 e. The molecule has 0 spiro atoms. The Morgan fingerprint density at radius 2 is 1.73 bits per heavy atom. The van der Waals surface area contributed by atoms with Gasteiger partial charge in [0.2, 0.25) is 11.8 Å². The third kappa shape index (κ3) is 6.63. The van der Waals surface area contributed by atoms with Gasteiger partial charge in [-0.15, -0.1) is 0 Å². The molecule has 0 unspecified atom stereocenters. The van der Waals surface area contributed by atoms with Gasteiger partial charge >= 0.3 is 6.03 Å². The number of nitrogens with one attached hydrogen (secondary N) is 1. The smallest absolute Gasteiger partial charge is 0.334 e. The number of rotatable bonds is 10. The molecule has 4 amide bonds. The minimum absolute atomic E-state index is 0.0402. The summed E-state index contributed by atoms with van der Waals surface area (Å²) in [5.74, 6) is 0.511. The molecule has 2 aliphatic rings. The van der Waals surface area contributed by atoms with E-state index in [1.54, 1.807) is 38.6 Å². The highest BCUT2D eigenvalue weighted by molar-refractivity contribution is 7.98. The van der Waals surface area contributed by atoms with Crippen LogP contribution >= 0.6 is 11.8 Å². The van der Waals surface area contributed by atoms with Crippen molar-refractivity contribution in [3.8, 4) is 0 Å². The highest BCUT2D eigenvalue weighted by Crippen LogP contribution is 2.28. The van der Waals surface area contributed by atoms with Crippen molar-refractivity contribution in [1.82, 2.24) is 25.1 Å². The van der Waals surface area contributed by atoms with Gasteiger partial charge in [0.1, 0.15) is 12.2 Å². The molecule has 37 heavy (non-hydrogen) atoms. The van der Waals surface area contributed by atoms with E-state index in [1.165, 1.54) is 0 Å². The summed E-state index contributed by atoms with van der Waals surface area (Å²) in [5, 5.41) is 6.21. The molecule has 0 radical (unpaired) electrons.